The van der Waals surface area contributed by atoms with Crippen LogP contribution in [0.1, 0.15) is 36.8 Å². The van der Waals surface area contributed by atoms with E-state index in [1.165, 1.54) is 25.0 Å². The molecule has 2 N–H and O–H groups in total. The maximum atomic E-state index is 12.6. The molecule has 1 fully saturated rings. The molecule has 0 unspecified atom stereocenters. The molecule has 32 heavy (non-hydrogen) atoms. The number of fused-ring (bicyclic) bond motifs is 1. The predicted octanol–water partition coefficient (Wildman–Crippen LogP) is 5.93. The molecule has 1 heterocycles. The summed E-state index contributed by atoms with van der Waals surface area (Å²) in [6.07, 6.45) is 0.411. The fourth-order valence-electron chi connectivity index (χ4n) is 3.91. The standard InChI is InChI=1S/C24H24F3N3O2/c1-15-12-22(28-17-4-2-3-5-17)30-21-11-8-18(13-20(15)21)29-23(31)14-32-19-9-6-16(7-10-19)24(25,26)27/h6-13,17H,2-5,14H2,1H3,(H,28,30)(H,29,31). The number of ether oxygens (including phenoxy) is 1. The summed E-state index contributed by atoms with van der Waals surface area (Å²) in [6.45, 7) is 1.69. The van der Waals surface area contributed by atoms with E-state index < -0.39 is 17.6 Å². The van der Waals surface area contributed by atoms with Crippen LogP contribution in [0, 0.1) is 6.92 Å². The monoisotopic (exact) mass is 443 g/mol. The number of aryl methyl sites for hydroxylation is 1. The van der Waals surface area contributed by atoms with Crippen molar-refractivity contribution in [1.82, 2.24) is 4.98 Å². The van der Waals surface area contributed by atoms with Crippen molar-refractivity contribution in [2.45, 2.75) is 44.8 Å². The Morgan fingerprint density at radius 3 is 2.50 bits per heavy atom. The number of carbonyl (C=O) groups is 1. The van der Waals surface area contributed by atoms with Crippen LogP contribution in [-0.4, -0.2) is 23.5 Å². The van der Waals surface area contributed by atoms with E-state index in [9.17, 15) is 18.0 Å². The van der Waals surface area contributed by atoms with Gasteiger partial charge in [0, 0.05) is 17.1 Å². The number of hydrogen-bond donors (Lipinski definition) is 2. The molecule has 168 valence electrons. The molecule has 4 rings (SSSR count). The predicted molar refractivity (Wildman–Crippen MR) is 118 cm³/mol. The molecule has 0 atom stereocenters. The van der Waals surface area contributed by atoms with Gasteiger partial charge in [0.25, 0.3) is 5.91 Å². The highest BCUT2D eigenvalue weighted by Gasteiger charge is 2.30. The number of halogens is 3. The molecule has 1 saturated carbocycles. The Bertz CT molecular complexity index is 1110. The molecule has 2 aromatic carbocycles. The number of aromatic nitrogens is 1. The lowest BCUT2D eigenvalue weighted by atomic mass is 10.1. The molecular weight excluding hydrogens is 419 g/mol. The molecule has 0 saturated heterocycles. The van der Waals surface area contributed by atoms with Gasteiger partial charge in [-0.2, -0.15) is 13.2 Å². The largest absolute Gasteiger partial charge is 0.484 e. The van der Waals surface area contributed by atoms with Crippen molar-refractivity contribution in [1.29, 1.82) is 0 Å². The molecule has 0 radical (unpaired) electrons. The number of nitrogens with zero attached hydrogens (tertiary/aromatic N) is 1. The molecule has 8 heteroatoms. The fraction of sp³-hybridized carbons (Fsp3) is 0.333. The number of rotatable bonds is 6. The van der Waals surface area contributed by atoms with Crippen LogP contribution in [0.4, 0.5) is 24.7 Å². The van der Waals surface area contributed by atoms with Crippen LogP contribution in [0.15, 0.2) is 48.5 Å². The summed E-state index contributed by atoms with van der Waals surface area (Å²) in [5, 5.41) is 7.19. The first-order chi connectivity index (χ1) is 15.3. The highest BCUT2D eigenvalue weighted by molar-refractivity contribution is 5.95. The minimum atomic E-state index is -4.41. The third kappa shape index (κ3) is 5.30. The normalized spacial score (nSPS) is 14.5. The van der Waals surface area contributed by atoms with Gasteiger partial charge in [0.2, 0.25) is 0 Å². The first-order valence-electron chi connectivity index (χ1n) is 10.6. The lowest BCUT2D eigenvalue weighted by molar-refractivity contribution is -0.137. The quantitative estimate of drug-likeness (QED) is 0.495. The minimum absolute atomic E-state index is 0.189. The molecule has 1 aromatic heterocycles. The zero-order valence-corrected chi connectivity index (χ0v) is 17.6. The number of amides is 1. The van der Waals surface area contributed by atoms with Gasteiger partial charge in [-0.15, -0.1) is 0 Å². The highest BCUT2D eigenvalue weighted by atomic mass is 19.4. The maximum Gasteiger partial charge on any atom is 0.416 e. The number of carbonyl (C=O) groups excluding carboxylic acids is 1. The second-order valence-electron chi connectivity index (χ2n) is 8.04. The topological polar surface area (TPSA) is 63.2 Å². The van der Waals surface area contributed by atoms with Crippen LogP contribution in [0.25, 0.3) is 10.9 Å². The van der Waals surface area contributed by atoms with E-state index in [2.05, 4.69) is 10.6 Å². The first kappa shape index (κ1) is 21.9. The molecule has 0 bridgehead atoms. The van der Waals surface area contributed by atoms with E-state index in [0.29, 0.717) is 11.7 Å². The van der Waals surface area contributed by atoms with Crippen molar-refractivity contribution in [3.8, 4) is 5.75 Å². The third-order valence-corrected chi connectivity index (χ3v) is 5.56. The van der Waals surface area contributed by atoms with Crippen molar-refractivity contribution in [2.24, 2.45) is 0 Å². The Kier molecular flexibility index (Phi) is 6.21. The summed E-state index contributed by atoms with van der Waals surface area (Å²) < 4.78 is 43.1. The lowest BCUT2D eigenvalue weighted by Crippen LogP contribution is -2.20. The highest BCUT2D eigenvalue weighted by Crippen LogP contribution is 2.30. The molecule has 0 spiro atoms. The lowest BCUT2D eigenvalue weighted by Gasteiger charge is -2.15. The number of alkyl halides is 3. The van der Waals surface area contributed by atoms with Crippen molar-refractivity contribution >= 4 is 28.3 Å². The van der Waals surface area contributed by atoms with E-state index in [1.54, 1.807) is 6.07 Å². The number of pyridine rings is 1. The molecular formula is C24H24F3N3O2. The average Bonchev–Trinajstić information content (AvgIpc) is 3.25. The van der Waals surface area contributed by atoms with E-state index in [0.717, 1.165) is 47.3 Å². The molecule has 5 nitrogen and oxygen atoms in total. The molecule has 3 aromatic rings. The van der Waals surface area contributed by atoms with Crippen molar-refractivity contribution < 1.29 is 22.7 Å². The van der Waals surface area contributed by atoms with Gasteiger partial charge in [-0.3, -0.25) is 4.79 Å². The molecule has 0 aliphatic heterocycles. The summed E-state index contributed by atoms with van der Waals surface area (Å²) in [6, 6.07) is 12.2. The first-order valence-corrected chi connectivity index (χ1v) is 10.6. The Hall–Kier alpha value is -3.29. The van der Waals surface area contributed by atoms with E-state index in [-0.39, 0.29) is 12.4 Å². The Morgan fingerprint density at radius 2 is 1.81 bits per heavy atom. The van der Waals surface area contributed by atoms with Crippen molar-refractivity contribution in [3.05, 3.63) is 59.7 Å². The number of anilines is 2. The summed E-state index contributed by atoms with van der Waals surface area (Å²) in [5.74, 6) is 0.645. The van der Waals surface area contributed by atoms with E-state index in [4.69, 9.17) is 9.72 Å². The van der Waals surface area contributed by atoms with E-state index in [1.807, 2.05) is 25.1 Å². The summed E-state index contributed by atoms with van der Waals surface area (Å²) in [4.78, 5) is 16.9. The van der Waals surface area contributed by atoms with Crippen LogP contribution < -0.4 is 15.4 Å². The van der Waals surface area contributed by atoms with Gasteiger partial charge in [-0.1, -0.05) is 12.8 Å². The second-order valence-corrected chi connectivity index (χ2v) is 8.04. The summed E-state index contributed by atoms with van der Waals surface area (Å²) >= 11 is 0. The number of benzene rings is 2. The third-order valence-electron chi connectivity index (χ3n) is 5.56. The smallest absolute Gasteiger partial charge is 0.416 e. The second kappa shape index (κ2) is 9.06. The number of hydrogen-bond acceptors (Lipinski definition) is 4. The maximum absolute atomic E-state index is 12.6. The average molecular weight is 443 g/mol. The van der Waals surface area contributed by atoms with Crippen LogP contribution in [0.2, 0.25) is 0 Å². The van der Waals surface area contributed by atoms with Gasteiger partial charge >= 0.3 is 6.18 Å². The van der Waals surface area contributed by atoms with Gasteiger partial charge in [0.05, 0.1) is 11.1 Å². The molecule has 1 aliphatic carbocycles. The van der Waals surface area contributed by atoms with E-state index >= 15 is 0 Å². The SMILES string of the molecule is Cc1cc(NC2CCCC2)nc2ccc(NC(=O)COc3ccc(C(F)(F)F)cc3)cc12. The van der Waals surface area contributed by atoms with Crippen molar-refractivity contribution in [2.75, 3.05) is 17.2 Å². The minimum Gasteiger partial charge on any atom is -0.484 e. The van der Waals surface area contributed by atoms with Gasteiger partial charge in [0.1, 0.15) is 11.6 Å². The van der Waals surface area contributed by atoms with Crippen LogP contribution in [-0.2, 0) is 11.0 Å². The van der Waals surface area contributed by atoms with Gasteiger partial charge in [-0.25, -0.2) is 4.98 Å². The Balaban J connectivity index is 1.38. The van der Waals surface area contributed by atoms with Crippen molar-refractivity contribution in [3.63, 3.8) is 0 Å². The fourth-order valence-corrected chi connectivity index (χ4v) is 3.91. The Morgan fingerprint density at radius 1 is 1.09 bits per heavy atom. The van der Waals surface area contributed by atoms with Gasteiger partial charge < -0.3 is 15.4 Å². The molecule has 1 aliphatic rings. The zero-order chi connectivity index (χ0) is 22.7. The van der Waals surface area contributed by atoms with Crippen LogP contribution in [0.3, 0.4) is 0 Å². The van der Waals surface area contributed by atoms with Crippen LogP contribution in [0.5, 0.6) is 5.75 Å². The summed E-state index contributed by atoms with van der Waals surface area (Å²) in [7, 11) is 0. The van der Waals surface area contributed by atoms with Crippen LogP contribution >= 0.6 is 0 Å². The van der Waals surface area contributed by atoms with Gasteiger partial charge in [-0.05, 0) is 73.9 Å². The van der Waals surface area contributed by atoms with Gasteiger partial charge in [0.15, 0.2) is 6.61 Å². The Labute approximate surface area is 184 Å². The zero-order valence-electron chi connectivity index (χ0n) is 17.6. The summed E-state index contributed by atoms with van der Waals surface area (Å²) in [5.41, 5.74) is 1.72. The number of nitrogens with one attached hydrogen (secondary N) is 2. The molecule has 1 amide bonds.